The molecule has 0 aliphatic carbocycles. The van der Waals surface area contributed by atoms with Gasteiger partial charge in [0.15, 0.2) is 0 Å². The SMILES string of the molecule is CC[C@H](C)S(=O)(=O)NC(=O)Cc1c(C)noc1C. The highest BCUT2D eigenvalue weighted by Gasteiger charge is 2.22. The second-order valence-electron chi connectivity index (χ2n) is 4.27. The Labute approximate surface area is 107 Å². The molecular formula is C11H18N2O4S. The van der Waals surface area contributed by atoms with Gasteiger partial charge < -0.3 is 4.52 Å². The molecule has 1 aromatic rings. The van der Waals surface area contributed by atoms with E-state index in [1.54, 1.807) is 27.7 Å². The molecule has 0 aliphatic heterocycles. The molecule has 1 N–H and O–H groups in total. The number of aromatic nitrogens is 1. The third-order valence-corrected chi connectivity index (χ3v) is 4.78. The molecule has 0 fully saturated rings. The lowest BCUT2D eigenvalue weighted by atomic mass is 10.1. The highest BCUT2D eigenvalue weighted by Crippen LogP contribution is 2.13. The highest BCUT2D eigenvalue weighted by molar-refractivity contribution is 7.90. The number of hydrogen-bond donors (Lipinski definition) is 1. The Hall–Kier alpha value is -1.37. The van der Waals surface area contributed by atoms with Gasteiger partial charge in [-0.15, -0.1) is 0 Å². The molecule has 102 valence electrons. The summed E-state index contributed by atoms with van der Waals surface area (Å²) in [5.41, 5.74) is 1.23. The Morgan fingerprint density at radius 1 is 1.44 bits per heavy atom. The first kappa shape index (κ1) is 14.7. The van der Waals surface area contributed by atoms with Gasteiger partial charge in [-0.3, -0.25) is 9.52 Å². The molecule has 6 nitrogen and oxygen atoms in total. The lowest BCUT2D eigenvalue weighted by Crippen LogP contribution is -2.37. The van der Waals surface area contributed by atoms with Gasteiger partial charge in [0.25, 0.3) is 0 Å². The molecule has 0 aromatic carbocycles. The van der Waals surface area contributed by atoms with E-state index in [2.05, 4.69) is 9.88 Å². The largest absolute Gasteiger partial charge is 0.361 e. The normalized spacial score (nSPS) is 13.3. The molecule has 0 aliphatic rings. The van der Waals surface area contributed by atoms with Gasteiger partial charge in [0.05, 0.1) is 17.4 Å². The minimum absolute atomic E-state index is 0.0448. The zero-order valence-corrected chi connectivity index (χ0v) is 11.8. The second kappa shape index (κ2) is 5.51. The summed E-state index contributed by atoms with van der Waals surface area (Å²) >= 11 is 0. The van der Waals surface area contributed by atoms with E-state index in [0.717, 1.165) is 0 Å². The van der Waals surface area contributed by atoms with Crippen molar-refractivity contribution in [1.82, 2.24) is 9.88 Å². The van der Waals surface area contributed by atoms with Crippen LogP contribution in [0.2, 0.25) is 0 Å². The summed E-state index contributed by atoms with van der Waals surface area (Å²) in [6.07, 6.45) is 0.408. The van der Waals surface area contributed by atoms with Crippen LogP contribution in [0.4, 0.5) is 0 Å². The van der Waals surface area contributed by atoms with E-state index >= 15 is 0 Å². The van der Waals surface area contributed by atoms with Crippen LogP contribution in [-0.4, -0.2) is 24.7 Å². The van der Waals surface area contributed by atoms with Crippen LogP contribution in [0.5, 0.6) is 0 Å². The maximum atomic E-state index is 11.7. The summed E-state index contributed by atoms with van der Waals surface area (Å²) in [5, 5.41) is 3.12. The van der Waals surface area contributed by atoms with Gasteiger partial charge in [0.1, 0.15) is 5.76 Å². The number of carbonyl (C=O) groups is 1. The van der Waals surface area contributed by atoms with Gasteiger partial charge in [-0.1, -0.05) is 12.1 Å². The van der Waals surface area contributed by atoms with E-state index in [0.29, 0.717) is 23.4 Å². The lowest BCUT2D eigenvalue weighted by molar-refractivity contribution is -0.118. The van der Waals surface area contributed by atoms with Crippen molar-refractivity contribution in [2.75, 3.05) is 0 Å². The Balaban J connectivity index is 2.74. The maximum Gasteiger partial charge on any atom is 0.238 e. The van der Waals surface area contributed by atoms with Gasteiger partial charge in [-0.2, -0.15) is 0 Å². The van der Waals surface area contributed by atoms with Gasteiger partial charge >= 0.3 is 0 Å². The minimum atomic E-state index is -3.59. The van der Waals surface area contributed by atoms with Gasteiger partial charge in [-0.05, 0) is 27.2 Å². The van der Waals surface area contributed by atoms with Crippen LogP contribution in [0, 0.1) is 13.8 Å². The van der Waals surface area contributed by atoms with Crippen molar-refractivity contribution in [3.05, 3.63) is 17.0 Å². The molecule has 0 saturated carbocycles. The average Bonchev–Trinajstić information content (AvgIpc) is 2.58. The fourth-order valence-electron chi connectivity index (χ4n) is 1.43. The minimum Gasteiger partial charge on any atom is -0.361 e. The summed E-state index contributed by atoms with van der Waals surface area (Å²) < 4.78 is 30.4. The monoisotopic (exact) mass is 274 g/mol. The fraction of sp³-hybridized carbons (Fsp3) is 0.636. The van der Waals surface area contributed by atoms with Crippen LogP contribution < -0.4 is 4.72 Å². The Bertz CT molecular complexity index is 514. The predicted molar refractivity (Wildman–Crippen MR) is 66.5 cm³/mol. The molecule has 0 bridgehead atoms. The molecule has 7 heteroatoms. The van der Waals surface area contributed by atoms with E-state index in [9.17, 15) is 13.2 Å². The molecule has 1 rings (SSSR count). The summed E-state index contributed by atoms with van der Waals surface area (Å²) in [5.74, 6) is -0.0340. The molecular weight excluding hydrogens is 256 g/mol. The van der Waals surface area contributed by atoms with Crippen LogP contribution in [0.1, 0.15) is 37.3 Å². The van der Waals surface area contributed by atoms with E-state index < -0.39 is 21.2 Å². The fourth-order valence-corrected chi connectivity index (χ4v) is 2.46. The van der Waals surface area contributed by atoms with Gasteiger partial charge in [0.2, 0.25) is 15.9 Å². The third kappa shape index (κ3) is 3.32. The zero-order chi connectivity index (χ0) is 13.9. The topological polar surface area (TPSA) is 89.3 Å². The summed E-state index contributed by atoms with van der Waals surface area (Å²) in [4.78, 5) is 11.7. The number of sulfonamides is 1. The quantitative estimate of drug-likeness (QED) is 0.867. The highest BCUT2D eigenvalue weighted by atomic mass is 32.2. The maximum absolute atomic E-state index is 11.7. The summed E-state index contributed by atoms with van der Waals surface area (Å²) in [7, 11) is -3.59. The first-order valence-electron chi connectivity index (χ1n) is 5.74. The van der Waals surface area contributed by atoms with Crippen LogP contribution in [0.3, 0.4) is 0 Å². The number of amides is 1. The van der Waals surface area contributed by atoms with Crippen LogP contribution in [0.15, 0.2) is 4.52 Å². The Morgan fingerprint density at radius 3 is 2.50 bits per heavy atom. The van der Waals surface area contributed by atoms with Crippen molar-refractivity contribution in [3.8, 4) is 0 Å². The van der Waals surface area contributed by atoms with Crippen LogP contribution in [0.25, 0.3) is 0 Å². The summed E-state index contributed by atoms with van der Waals surface area (Å²) in [6, 6.07) is 0. The zero-order valence-electron chi connectivity index (χ0n) is 11.0. The first-order chi connectivity index (χ1) is 8.27. The molecule has 0 saturated heterocycles. The number of hydrogen-bond acceptors (Lipinski definition) is 5. The molecule has 0 unspecified atom stereocenters. The van der Waals surface area contributed by atoms with E-state index in [-0.39, 0.29) is 6.42 Å². The number of aryl methyl sites for hydroxylation is 2. The first-order valence-corrected chi connectivity index (χ1v) is 7.28. The Morgan fingerprint density at radius 2 is 2.06 bits per heavy atom. The summed E-state index contributed by atoms with van der Waals surface area (Å²) in [6.45, 7) is 6.71. The molecule has 1 heterocycles. The van der Waals surface area contributed by atoms with Crippen molar-refractivity contribution in [3.63, 3.8) is 0 Å². The van der Waals surface area contributed by atoms with Crippen molar-refractivity contribution in [2.45, 2.75) is 45.8 Å². The molecule has 1 atom stereocenters. The van der Waals surface area contributed by atoms with Gasteiger partial charge in [0, 0.05) is 5.56 Å². The molecule has 0 radical (unpaired) electrons. The molecule has 0 spiro atoms. The average molecular weight is 274 g/mol. The van der Waals surface area contributed by atoms with Crippen molar-refractivity contribution < 1.29 is 17.7 Å². The number of rotatable bonds is 5. The van der Waals surface area contributed by atoms with E-state index in [4.69, 9.17) is 4.52 Å². The molecule has 1 amide bonds. The third-order valence-electron chi connectivity index (χ3n) is 2.88. The van der Waals surface area contributed by atoms with E-state index in [1.165, 1.54) is 0 Å². The number of nitrogens with zero attached hydrogens (tertiary/aromatic N) is 1. The number of nitrogens with one attached hydrogen (secondary N) is 1. The van der Waals surface area contributed by atoms with Crippen molar-refractivity contribution in [1.29, 1.82) is 0 Å². The standard InChI is InChI=1S/C11H18N2O4S/c1-5-7(2)18(15,16)13-11(14)6-10-8(3)12-17-9(10)4/h7H,5-6H2,1-4H3,(H,13,14)/t7-/m0/s1. The lowest BCUT2D eigenvalue weighted by Gasteiger charge is -2.11. The predicted octanol–water partition coefficient (Wildman–Crippen LogP) is 1.08. The van der Waals surface area contributed by atoms with Crippen molar-refractivity contribution >= 4 is 15.9 Å². The molecule has 18 heavy (non-hydrogen) atoms. The van der Waals surface area contributed by atoms with Crippen LogP contribution in [-0.2, 0) is 21.2 Å². The number of carbonyl (C=O) groups excluding carboxylic acids is 1. The smallest absolute Gasteiger partial charge is 0.238 e. The second-order valence-corrected chi connectivity index (χ2v) is 6.37. The Kier molecular flexibility index (Phi) is 4.50. The molecule has 1 aromatic heterocycles. The van der Waals surface area contributed by atoms with Crippen LogP contribution >= 0.6 is 0 Å². The van der Waals surface area contributed by atoms with Crippen molar-refractivity contribution in [2.24, 2.45) is 0 Å². The van der Waals surface area contributed by atoms with Gasteiger partial charge in [-0.25, -0.2) is 8.42 Å². The van der Waals surface area contributed by atoms with E-state index in [1.807, 2.05) is 0 Å².